The number of hydrogen-bond acceptors (Lipinski definition) is 4. The highest BCUT2D eigenvalue weighted by Crippen LogP contribution is 2.21. The van der Waals surface area contributed by atoms with Crippen LogP contribution < -0.4 is 10.6 Å². The third-order valence-corrected chi connectivity index (χ3v) is 4.15. The van der Waals surface area contributed by atoms with E-state index in [1.165, 1.54) is 0 Å². The summed E-state index contributed by atoms with van der Waals surface area (Å²) in [6.07, 6.45) is -1.14. The maximum Gasteiger partial charge on any atom is 0.411 e. The van der Waals surface area contributed by atoms with Crippen molar-refractivity contribution < 1.29 is 19.1 Å². The van der Waals surface area contributed by atoms with Crippen LogP contribution in [0.4, 0.5) is 21.0 Å². The maximum absolute atomic E-state index is 12.1. The minimum atomic E-state index is -0.574. The fourth-order valence-electron chi connectivity index (χ4n) is 2.58. The van der Waals surface area contributed by atoms with Crippen molar-refractivity contribution in [2.75, 3.05) is 10.6 Å². The first-order chi connectivity index (χ1) is 14.1. The van der Waals surface area contributed by atoms with Gasteiger partial charge in [-0.25, -0.2) is 9.59 Å². The molecule has 0 aliphatic carbocycles. The molecule has 148 valence electrons. The van der Waals surface area contributed by atoms with Crippen LogP contribution in [0.3, 0.4) is 0 Å². The first-order valence-electron chi connectivity index (χ1n) is 9.16. The molecule has 0 fully saturated rings. The number of benzene rings is 3. The maximum atomic E-state index is 12.1. The van der Waals surface area contributed by atoms with Crippen molar-refractivity contribution in [2.45, 2.75) is 20.1 Å². The molecule has 0 aliphatic heterocycles. The van der Waals surface area contributed by atoms with Crippen molar-refractivity contribution in [3.05, 3.63) is 95.6 Å². The summed E-state index contributed by atoms with van der Waals surface area (Å²) in [4.78, 5) is 24.1. The summed E-state index contributed by atoms with van der Waals surface area (Å²) in [7, 11) is 0. The van der Waals surface area contributed by atoms with Gasteiger partial charge in [0, 0.05) is 11.4 Å². The summed E-state index contributed by atoms with van der Waals surface area (Å²) in [6.45, 7) is 2.20. The molecule has 0 heterocycles. The van der Waals surface area contributed by atoms with Gasteiger partial charge in [-0.15, -0.1) is 0 Å². The van der Waals surface area contributed by atoms with Gasteiger partial charge < -0.3 is 9.47 Å². The average molecular weight is 390 g/mol. The molecule has 2 N–H and O–H groups in total. The number of anilines is 2. The molecule has 3 aromatic carbocycles. The van der Waals surface area contributed by atoms with E-state index in [0.29, 0.717) is 11.4 Å². The number of hydrogen-bond donors (Lipinski definition) is 2. The molecule has 0 spiro atoms. The number of carbonyl (C=O) groups is 2. The number of aryl methyl sites for hydroxylation is 1. The van der Waals surface area contributed by atoms with Crippen molar-refractivity contribution in [2.24, 2.45) is 0 Å². The Morgan fingerprint density at radius 2 is 1.24 bits per heavy atom. The van der Waals surface area contributed by atoms with Crippen LogP contribution in [0.25, 0.3) is 0 Å². The molecule has 0 radical (unpaired) electrons. The van der Waals surface area contributed by atoms with E-state index < -0.39 is 12.2 Å². The first kappa shape index (κ1) is 19.9. The second kappa shape index (κ2) is 9.94. The molecule has 0 aromatic heterocycles. The van der Waals surface area contributed by atoms with Crippen LogP contribution in [0.1, 0.15) is 16.7 Å². The van der Waals surface area contributed by atoms with Gasteiger partial charge in [0.25, 0.3) is 0 Å². The van der Waals surface area contributed by atoms with Gasteiger partial charge in [-0.1, -0.05) is 66.7 Å². The second-order valence-electron chi connectivity index (χ2n) is 6.40. The smallest absolute Gasteiger partial charge is 0.411 e. The van der Waals surface area contributed by atoms with Gasteiger partial charge in [0.15, 0.2) is 0 Å². The molecular formula is C23H22N2O4. The Bertz CT molecular complexity index is 959. The lowest BCUT2D eigenvalue weighted by molar-refractivity contribution is 0.154. The van der Waals surface area contributed by atoms with E-state index in [1.54, 1.807) is 18.2 Å². The quantitative estimate of drug-likeness (QED) is 0.583. The largest absolute Gasteiger partial charge is 0.444 e. The Balaban J connectivity index is 1.53. The minimum absolute atomic E-state index is 0.176. The minimum Gasteiger partial charge on any atom is -0.444 e. The van der Waals surface area contributed by atoms with Crippen molar-refractivity contribution in [3.63, 3.8) is 0 Å². The van der Waals surface area contributed by atoms with Crippen LogP contribution in [0.2, 0.25) is 0 Å². The van der Waals surface area contributed by atoms with Gasteiger partial charge >= 0.3 is 12.2 Å². The molecule has 0 bridgehead atoms. The van der Waals surface area contributed by atoms with Gasteiger partial charge in [-0.3, -0.25) is 10.6 Å². The zero-order valence-corrected chi connectivity index (χ0v) is 16.1. The third-order valence-electron chi connectivity index (χ3n) is 4.15. The van der Waals surface area contributed by atoms with Crippen LogP contribution in [0, 0.1) is 6.92 Å². The van der Waals surface area contributed by atoms with E-state index in [4.69, 9.17) is 9.47 Å². The monoisotopic (exact) mass is 390 g/mol. The summed E-state index contributed by atoms with van der Waals surface area (Å²) in [5.41, 5.74) is 3.69. The molecule has 0 saturated heterocycles. The fourth-order valence-corrected chi connectivity index (χ4v) is 2.58. The molecule has 3 rings (SSSR count). The summed E-state index contributed by atoms with van der Waals surface area (Å²) in [5, 5.41) is 5.36. The number of carbonyl (C=O) groups excluding carboxylic acids is 2. The predicted octanol–water partition coefficient (Wildman–Crippen LogP) is 5.49. The first-order valence-corrected chi connectivity index (χ1v) is 9.16. The lowest BCUT2D eigenvalue weighted by Crippen LogP contribution is -2.16. The van der Waals surface area contributed by atoms with Crippen LogP contribution in [-0.4, -0.2) is 12.2 Å². The Hall–Kier alpha value is -3.80. The molecule has 0 aliphatic rings. The molecular weight excluding hydrogens is 368 g/mol. The van der Waals surface area contributed by atoms with E-state index >= 15 is 0 Å². The highest BCUT2D eigenvalue weighted by atomic mass is 16.6. The Morgan fingerprint density at radius 3 is 1.79 bits per heavy atom. The second-order valence-corrected chi connectivity index (χ2v) is 6.40. The van der Waals surface area contributed by atoms with Crippen LogP contribution >= 0.6 is 0 Å². The molecule has 3 aromatic rings. The summed E-state index contributed by atoms with van der Waals surface area (Å²) < 4.78 is 10.4. The fraction of sp³-hybridized carbons (Fsp3) is 0.130. The van der Waals surface area contributed by atoms with Gasteiger partial charge in [0.2, 0.25) is 0 Å². The Labute approximate surface area is 169 Å². The molecule has 6 heteroatoms. The number of rotatable bonds is 6. The molecule has 2 amide bonds. The standard InChI is InChI=1S/C23H22N2O4/c1-17-12-13-20(24-22(26)28-15-18-8-4-2-5-9-18)14-21(17)25-23(27)29-16-19-10-6-3-7-11-19/h2-14H,15-16H2,1H3,(H,24,26)(H,25,27). The summed E-state index contributed by atoms with van der Waals surface area (Å²) in [5.74, 6) is 0. The van der Waals surface area contributed by atoms with Gasteiger partial charge in [-0.05, 0) is 35.7 Å². The zero-order valence-electron chi connectivity index (χ0n) is 16.1. The molecule has 0 unspecified atom stereocenters. The van der Waals surface area contributed by atoms with Crippen LogP contribution in [-0.2, 0) is 22.7 Å². The lowest BCUT2D eigenvalue weighted by atomic mass is 10.2. The lowest BCUT2D eigenvalue weighted by Gasteiger charge is -2.12. The van der Waals surface area contributed by atoms with E-state index in [2.05, 4.69) is 10.6 Å². The van der Waals surface area contributed by atoms with E-state index in [9.17, 15) is 9.59 Å². The average Bonchev–Trinajstić information content (AvgIpc) is 2.75. The van der Waals surface area contributed by atoms with Gasteiger partial charge in [0.1, 0.15) is 13.2 Å². The molecule has 29 heavy (non-hydrogen) atoms. The summed E-state index contributed by atoms with van der Waals surface area (Å²) in [6, 6.07) is 24.0. The SMILES string of the molecule is Cc1ccc(NC(=O)OCc2ccccc2)cc1NC(=O)OCc1ccccc1. The predicted molar refractivity (Wildman–Crippen MR) is 112 cm³/mol. The number of ether oxygens (including phenoxy) is 2. The van der Waals surface area contributed by atoms with Gasteiger partial charge in [-0.2, -0.15) is 0 Å². The van der Waals surface area contributed by atoms with Crippen molar-refractivity contribution in [3.8, 4) is 0 Å². The highest BCUT2D eigenvalue weighted by Gasteiger charge is 2.09. The van der Waals surface area contributed by atoms with Crippen LogP contribution in [0.15, 0.2) is 78.9 Å². The normalized spacial score (nSPS) is 10.1. The van der Waals surface area contributed by atoms with Crippen molar-refractivity contribution in [1.29, 1.82) is 0 Å². The Morgan fingerprint density at radius 1 is 0.724 bits per heavy atom. The molecule has 0 atom stereocenters. The molecule has 0 saturated carbocycles. The summed E-state index contributed by atoms with van der Waals surface area (Å²) >= 11 is 0. The topological polar surface area (TPSA) is 76.7 Å². The van der Waals surface area contributed by atoms with Crippen LogP contribution in [0.5, 0.6) is 0 Å². The third kappa shape index (κ3) is 6.39. The highest BCUT2D eigenvalue weighted by molar-refractivity contribution is 5.89. The van der Waals surface area contributed by atoms with E-state index in [-0.39, 0.29) is 13.2 Å². The molecule has 6 nitrogen and oxygen atoms in total. The number of nitrogens with one attached hydrogen (secondary N) is 2. The Kier molecular flexibility index (Phi) is 6.84. The zero-order chi connectivity index (χ0) is 20.5. The number of amides is 2. The van der Waals surface area contributed by atoms with Crippen molar-refractivity contribution >= 4 is 23.6 Å². The van der Waals surface area contributed by atoms with Gasteiger partial charge in [0.05, 0.1) is 0 Å². The van der Waals surface area contributed by atoms with Crippen molar-refractivity contribution in [1.82, 2.24) is 0 Å². The van der Waals surface area contributed by atoms with E-state index in [1.807, 2.05) is 67.6 Å². The van der Waals surface area contributed by atoms with E-state index in [0.717, 1.165) is 16.7 Å².